The second-order valence-electron chi connectivity index (χ2n) is 4.91. The summed E-state index contributed by atoms with van der Waals surface area (Å²) in [6, 6.07) is 1.63. The number of nitro groups is 1. The Morgan fingerprint density at radius 3 is 2.74 bits per heavy atom. The molecule has 1 aliphatic rings. The summed E-state index contributed by atoms with van der Waals surface area (Å²) in [4.78, 5) is 27.2. The molecule has 0 aromatic carbocycles. The molecule has 0 spiro atoms. The van der Waals surface area contributed by atoms with Crippen molar-refractivity contribution in [3.8, 4) is 0 Å². The van der Waals surface area contributed by atoms with Gasteiger partial charge in [0.15, 0.2) is 0 Å². The van der Waals surface area contributed by atoms with Gasteiger partial charge < -0.3 is 10.0 Å². The molecule has 1 aromatic heterocycles. The zero-order valence-electron chi connectivity index (χ0n) is 10.7. The number of aliphatic carboxylic acids is 1. The minimum atomic E-state index is -0.811. The molecule has 1 aromatic rings. The lowest BCUT2D eigenvalue weighted by Crippen LogP contribution is -2.23. The molecule has 2 rings (SSSR count). The van der Waals surface area contributed by atoms with Gasteiger partial charge in [-0.25, -0.2) is 4.98 Å². The van der Waals surface area contributed by atoms with Crippen LogP contribution in [-0.2, 0) is 4.79 Å². The van der Waals surface area contributed by atoms with Crippen LogP contribution in [-0.4, -0.2) is 34.1 Å². The van der Waals surface area contributed by atoms with Gasteiger partial charge in [-0.3, -0.25) is 14.9 Å². The summed E-state index contributed by atoms with van der Waals surface area (Å²) in [6.45, 7) is 4.52. The Bertz CT molecular complexity index is 532. The zero-order chi connectivity index (χ0) is 14.2. The third-order valence-corrected chi connectivity index (χ3v) is 3.52. The number of anilines is 1. The lowest BCUT2D eigenvalue weighted by atomic mass is 9.99. The molecule has 0 aliphatic carbocycles. The summed E-state index contributed by atoms with van der Waals surface area (Å²) in [6.07, 6.45) is 1.23. The molecule has 2 heterocycles. The van der Waals surface area contributed by atoms with Crippen LogP contribution in [0.2, 0.25) is 0 Å². The Balaban J connectivity index is 2.22. The van der Waals surface area contributed by atoms with E-state index in [1.807, 2.05) is 11.8 Å². The Labute approximate surface area is 110 Å². The number of pyridine rings is 1. The van der Waals surface area contributed by atoms with Gasteiger partial charge in [0, 0.05) is 18.7 Å². The molecule has 19 heavy (non-hydrogen) atoms. The lowest BCUT2D eigenvalue weighted by molar-refractivity contribution is -0.385. The van der Waals surface area contributed by atoms with Crippen LogP contribution in [0.4, 0.5) is 11.5 Å². The average Bonchev–Trinajstić information content (AvgIpc) is 2.70. The highest BCUT2D eigenvalue weighted by atomic mass is 16.6. The van der Waals surface area contributed by atoms with E-state index in [1.165, 1.54) is 6.20 Å². The molecule has 0 bridgehead atoms. The van der Waals surface area contributed by atoms with E-state index in [2.05, 4.69) is 4.98 Å². The van der Waals surface area contributed by atoms with Gasteiger partial charge in [0.2, 0.25) is 0 Å². The van der Waals surface area contributed by atoms with Crippen LogP contribution < -0.4 is 4.90 Å². The Kier molecular flexibility index (Phi) is 3.37. The summed E-state index contributed by atoms with van der Waals surface area (Å²) in [5.41, 5.74) is 0.507. The Hall–Kier alpha value is -2.18. The number of aryl methyl sites for hydroxylation is 1. The van der Waals surface area contributed by atoms with Crippen LogP contribution in [0, 0.1) is 28.9 Å². The third-order valence-electron chi connectivity index (χ3n) is 3.52. The number of carboxylic acid groups (broad SMARTS) is 1. The highest BCUT2D eigenvalue weighted by Gasteiger charge is 2.35. The van der Waals surface area contributed by atoms with Crippen molar-refractivity contribution in [2.24, 2.45) is 11.8 Å². The molecule has 1 fully saturated rings. The molecule has 2 atom stereocenters. The van der Waals surface area contributed by atoms with Gasteiger partial charge in [-0.2, -0.15) is 0 Å². The van der Waals surface area contributed by atoms with Gasteiger partial charge in [-0.15, -0.1) is 0 Å². The number of nitrogens with zero attached hydrogens (tertiary/aromatic N) is 3. The predicted molar refractivity (Wildman–Crippen MR) is 68.1 cm³/mol. The van der Waals surface area contributed by atoms with Crippen molar-refractivity contribution in [3.05, 3.63) is 27.9 Å². The highest BCUT2D eigenvalue weighted by Crippen LogP contribution is 2.29. The molecule has 0 radical (unpaired) electrons. The standard InChI is InChI=1S/C12H15N3O4/c1-7-3-11(13-4-10(7)15(18)19)14-5-8(2)9(6-14)12(16)17/h3-4,8-9H,5-6H2,1-2H3,(H,16,17)/t8-,9-/m1/s1. The first-order chi connectivity index (χ1) is 8.90. The average molecular weight is 265 g/mol. The van der Waals surface area contributed by atoms with Crippen LogP contribution in [0.1, 0.15) is 12.5 Å². The van der Waals surface area contributed by atoms with Crippen LogP contribution in [0.3, 0.4) is 0 Å². The molecule has 0 unspecified atom stereocenters. The third kappa shape index (κ3) is 2.49. The van der Waals surface area contributed by atoms with E-state index in [1.54, 1.807) is 13.0 Å². The summed E-state index contributed by atoms with van der Waals surface area (Å²) >= 11 is 0. The maximum atomic E-state index is 11.1. The predicted octanol–water partition coefficient (Wildman–Crippen LogP) is 1.46. The number of hydrogen-bond donors (Lipinski definition) is 1. The van der Waals surface area contributed by atoms with Crippen molar-refractivity contribution in [1.82, 2.24) is 4.98 Å². The van der Waals surface area contributed by atoms with Crippen molar-refractivity contribution in [3.63, 3.8) is 0 Å². The Morgan fingerprint density at radius 1 is 1.58 bits per heavy atom. The van der Waals surface area contributed by atoms with Crippen LogP contribution in [0.5, 0.6) is 0 Å². The van der Waals surface area contributed by atoms with Gasteiger partial charge in [0.25, 0.3) is 5.69 Å². The minimum Gasteiger partial charge on any atom is -0.481 e. The summed E-state index contributed by atoms with van der Waals surface area (Å²) < 4.78 is 0. The van der Waals surface area contributed by atoms with E-state index in [4.69, 9.17) is 5.11 Å². The molecule has 1 aliphatic heterocycles. The van der Waals surface area contributed by atoms with E-state index in [0.717, 1.165) is 0 Å². The molecule has 0 saturated carbocycles. The second-order valence-corrected chi connectivity index (χ2v) is 4.91. The fourth-order valence-corrected chi connectivity index (χ4v) is 2.37. The maximum absolute atomic E-state index is 11.1. The van der Waals surface area contributed by atoms with Crippen LogP contribution in [0.25, 0.3) is 0 Å². The topological polar surface area (TPSA) is 96.6 Å². The molecule has 1 N–H and O–H groups in total. The molecular formula is C12H15N3O4. The van der Waals surface area contributed by atoms with Gasteiger partial charge in [-0.05, 0) is 18.9 Å². The van der Waals surface area contributed by atoms with Gasteiger partial charge in [-0.1, -0.05) is 6.92 Å². The number of carbonyl (C=O) groups is 1. The normalized spacial score (nSPS) is 22.5. The van der Waals surface area contributed by atoms with E-state index in [-0.39, 0.29) is 11.6 Å². The fraction of sp³-hybridized carbons (Fsp3) is 0.500. The maximum Gasteiger partial charge on any atom is 0.308 e. The van der Waals surface area contributed by atoms with E-state index < -0.39 is 16.8 Å². The molecular weight excluding hydrogens is 250 g/mol. The smallest absolute Gasteiger partial charge is 0.308 e. The number of carboxylic acids is 1. The van der Waals surface area contributed by atoms with Crippen molar-refractivity contribution in [2.45, 2.75) is 13.8 Å². The van der Waals surface area contributed by atoms with Gasteiger partial charge in [0.1, 0.15) is 12.0 Å². The Morgan fingerprint density at radius 2 is 2.26 bits per heavy atom. The summed E-state index contributed by atoms with van der Waals surface area (Å²) in [5, 5.41) is 19.8. The fourth-order valence-electron chi connectivity index (χ4n) is 2.37. The first-order valence-corrected chi connectivity index (χ1v) is 5.99. The van der Waals surface area contributed by atoms with Crippen molar-refractivity contribution in [2.75, 3.05) is 18.0 Å². The largest absolute Gasteiger partial charge is 0.481 e. The van der Waals surface area contributed by atoms with Crippen LogP contribution in [0.15, 0.2) is 12.3 Å². The lowest BCUT2D eigenvalue weighted by Gasteiger charge is -2.17. The SMILES string of the molecule is Cc1cc(N2C[C@@H](C)[C@H](C(=O)O)C2)ncc1[N+](=O)[O-]. The minimum absolute atomic E-state index is 0.0224. The number of aromatic nitrogens is 1. The summed E-state index contributed by atoms with van der Waals surface area (Å²) in [7, 11) is 0. The first kappa shape index (κ1) is 13.3. The van der Waals surface area contributed by atoms with Crippen molar-refractivity contribution in [1.29, 1.82) is 0 Å². The molecule has 1 saturated heterocycles. The molecule has 0 amide bonds. The van der Waals surface area contributed by atoms with Crippen molar-refractivity contribution < 1.29 is 14.8 Å². The number of rotatable bonds is 3. The van der Waals surface area contributed by atoms with E-state index >= 15 is 0 Å². The number of hydrogen-bond acceptors (Lipinski definition) is 5. The van der Waals surface area contributed by atoms with Crippen molar-refractivity contribution >= 4 is 17.5 Å². The molecule has 102 valence electrons. The van der Waals surface area contributed by atoms with E-state index in [0.29, 0.717) is 24.5 Å². The van der Waals surface area contributed by atoms with Gasteiger partial charge >= 0.3 is 5.97 Å². The monoisotopic (exact) mass is 265 g/mol. The quantitative estimate of drug-likeness (QED) is 0.656. The highest BCUT2D eigenvalue weighted by molar-refractivity contribution is 5.72. The van der Waals surface area contributed by atoms with Crippen LogP contribution >= 0.6 is 0 Å². The van der Waals surface area contributed by atoms with E-state index in [9.17, 15) is 14.9 Å². The van der Waals surface area contributed by atoms with Gasteiger partial charge in [0.05, 0.1) is 10.8 Å². The molecule has 7 heteroatoms. The first-order valence-electron chi connectivity index (χ1n) is 5.99. The summed E-state index contributed by atoms with van der Waals surface area (Å²) in [5.74, 6) is -0.598. The zero-order valence-corrected chi connectivity index (χ0v) is 10.7. The molecule has 7 nitrogen and oxygen atoms in total. The second kappa shape index (κ2) is 4.83.